The lowest BCUT2D eigenvalue weighted by molar-refractivity contribution is 0.168. The Bertz CT molecular complexity index is 311. The van der Waals surface area contributed by atoms with E-state index in [1.54, 1.807) is 6.20 Å². The van der Waals surface area contributed by atoms with Crippen molar-refractivity contribution in [2.24, 2.45) is 5.84 Å². The molecule has 0 aliphatic carbocycles. The summed E-state index contributed by atoms with van der Waals surface area (Å²) in [6.45, 7) is 0.760. The van der Waals surface area contributed by atoms with E-state index in [0.717, 1.165) is 30.1 Å². The Kier molecular flexibility index (Phi) is 3.07. The Hall–Kier alpha value is -0.980. The summed E-state index contributed by atoms with van der Waals surface area (Å²) in [6, 6.07) is -0.102. The minimum absolute atomic E-state index is 0.102. The lowest BCUT2D eigenvalue weighted by atomic mass is 10.1. The van der Waals surface area contributed by atoms with Gasteiger partial charge in [0.15, 0.2) is 0 Å². The SMILES string of the molecule is NNC(C1=CCCCO1)c1cnns1. The molecule has 1 aliphatic heterocycles. The van der Waals surface area contributed by atoms with E-state index in [-0.39, 0.29) is 6.04 Å². The topological polar surface area (TPSA) is 73.1 Å². The molecular formula is C8H12N4OS. The van der Waals surface area contributed by atoms with E-state index in [1.165, 1.54) is 11.5 Å². The molecule has 0 spiro atoms. The van der Waals surface area contributed by atoms with E-state index in [9.17, 15) is 0 Å². The van der Waals surface area contributed by atoms with Crippen LogP contribution < -0.4 is 11.3 Å². The van der Waals surface area contributed by atoms with E-state index < -0.39 is 0 Å². The van der Waals surface area contributed by atoms with Gasteiger partial charge in [0.25, 0.3) is 0 Å². The second-order valence-corrected chi connectivity index (χ2v) is 3.83. The summed E-state index contributed by atoms with van der Waals surface area (Å²) in [5.74, 6) is 6.35. The van der Waals surface area contributed by atoms with E-state index in [2.05, 4.69) is 21.1 Å². The largest absolute Gasteiger partial charge is 0.496 e. The molecule has 1 aromatic rings. The van der Waals surface area contributed by atoms with Crippen molar-refractivity contribution in [1.29, 1.82) is 0 Å². The highest BCUT2D eigenvalue weighted by Gasteiger charge is 2.20. The van der Waals surface area contributed by atoms with Crippen LogP contribution >= 0.6 is 11.5 Å². The minimum atomic E-state index is -0.102. The number of ether oxygens (including phenoxy) is 1. The first-order chi connectivity index (χ1) is 6.92. The van der Waals surface area contributed by atoms with Crippen molar-refractivity contribution in [3.63, 3.8) is 0 Å². The number of hydrazine groups is 1. The van der Waals surface area contributed by atoms with Crippen LogP contribution in [0.2, 0.25) is 0 Å². The van der Waals surface area contributed by atoms with E-state index in [1.807, 2.05) is 0 Å². The zero-order chi connectivity index (χ0) is 9.80. The Balaban J connectivity index is 2.16. The van der Waals surface area contributed by atoms with Crippen LogP contribution in [0, 0.1) is 0 Å². The molecule has 0 saturated carbocycles. The fourth-order valence-electron chi connectivity index (χ4n) is 1.38. The highest BCUT2D eigenvalue weighted by Crippen LogP contribution is 2.26. The van der Waals surface area contributed by atoms with Crippen LogP contribution in [0.15, 0.2) is 18.0 Å². The maximum absolute atomic E-state index is 5.52. The van der Waals surface area contributed by atoms with Crippen LogP contribution in [0.3, 0.4) is 0 Å². The monoisotopic (exact) mass is 212 g/mol. The molecule has 0 saturated heterocycles. The molecule has 0 amide bonds. The first kappa shape index (κ1) is 9.57. The summed E-state index contributed by atoms with van der Waals surface area (Å²) in [5.41, 5.74) is 2.71. The molecule has 1 unspecified atom stereocenters. The Morgan fingerprint density at radius 2 is 2.57 bits per heavy atom. The van der Waals surface area contributed by atoms with Gasteiger partial charge in [0.2, 0.25) is 0 Å². The first-order valence-electron chi connectivity index (χ1n) is 4.48. The summed E-state index contributed by atoms with van der Waals surface area (Å²) in [5, 5.41) is 3.78. The third-order valence-electron chi connectivity index (χ3n) is 2.08. The van der Waals surface area contributed by atoms with Gasteiger partial charge in [0.05, 0.1) is 17.7 Å². The fraction of sp³-hybridized carbons (Fsp3) is 0.500. The summed E-state index contributed by atoms with van der Waals surface area (Å²) in [7, 11) is 0. The van der Waals surface area contributed by atoms with Crippen LogP contribution in [-0.4, -0.2) is 16.2 Å². The summed E-state index contributed by atoms with van der Waals surface area (Å²) in [4.78, 5) is 0.973. The molecular weight excluding hydrogens is 200 g/mol. The second-order valence-electron chi connectivity index (χ2n) is 3.02. The molecule has 5 nitrogen and oxygen atoms in total. The molecule has 3 N–H and O–H groups in total. The lowest BCUT2D eigenvalue weighted by Crippen LogP contribution is -2.30. The lowest BCUT2D eigenvalue weighted by Gasteiger charge is -2.21. The number of hydrogen-bond acceptors (Lipinski definition) is 6. The quantitative estimate of drug-likeness (QED) is 0.571. The fourth-order valence-corrected chi connectivity index (χ4v) is 1.96. The number of nitrogens with zero attached hydrogens (tertiary/aromatic N) is 2. The summed E-state index contributed by atoms with van der Waals surface area (Å²) >= 11 is 1.32. The molecule has 0 aromatic carbocycles. The van der Waals surface area contributed by atoms with Crippen LogP contribution in [0.5, 0.6) is 0 Å². The van der Waals surface area contributed by atoms with Crippen LogP contribution in [0.25, 0.3) is 0 Å². The van der Waals surface area contributed by atoms with Crippen LogP contribution in [0.4, 0.5) is 0 Å². The molecule has 76 valence electrons. The van der Waals surface area contributed by atoms with Gasteiger partial charge in [-0.05, 0) is 30.5 Å². The van der Waals surface area contributed by atoms with Gasteiger partial charge in [-0.1, -0.05) is 4.49 Å². The predicted molar refractivity (Wildman–Crippen MR) is 53.2 cm³/mol. The average molecular weight is 212 g/mol. The van der Waals surface area contributed by atoms with Crippen LogP contribution in [0.1, 0.15) is 23.8 Å². The van der Waals surface area contributed by atoms with Gasteiger partial charge in [-0.3, -0.25) is 5.84 Å². The van der Waals surface area contributed by atoms with Crippen molar-refractivity contribution >= 4 is 11.5 Å². The maximum Gasteiger partial charge on any atom is 0.116 e. The number of rotatable bonds is 3. The van der Waals surface area contributed by atoms with Gasteiger partial charge < -0.3 is 4.74 Å². The molecule has 1 aromatic heterocycles. The Morgan fingerprint density at radius 3 is 3.14 bits per heavy atom. The highest BCUT2D eigenvalue weighted by molar-refractivity contribution is 7.05. The summed E-state index contributed by atoms with van der Waals surface area (Å²) < 4.78 is 9.32. The van der Waals surface area contributed by atoms with Gasteiger partial charge >= 0.3 is 0 Å². The van der Waals surface area contributed by atoms with Gasteiger partial charge in [-0.25, -0.2) is 5.43 Å². The standard InChI is InChI=1S/C8H12N4OS/c9-11-8(7-5-10-12-14-7)6-3-1-2-4-13-6/h3,5,8,11H,1-2,4,9H2. The molecule has 1 aliphatic rings. The first-order valence-corrected chi connectivity index (χ1v) is 5.25. The van der Waals surface area contributed by atoms with Gasteiger partial charge in [0, 0.05) is 0 Å². The van der Waals surface area contributed by atoms with E-state index in [4.69, 9.17) is 10.6 Å². The Labute approximate surface area is 86.1 Å². The average Bonchev–Trinajstić information content (AvgIpc) is 2.74. The number of nitrogens with one attached hydrogen (secondary N) is 1. The minimum Gasteiger partial charge on any atom is -0.496 e. The van der Waals surface area contributed by atoms with Crippen molar-refractivity contribution < 1.29 is 4.74 Å². The van der Waals surface area contributed by atoms with Crippen LogP contribution in [-0.2, 0) is 4.74 Å². The number of aromatic nitrogens is 2. The van der Waals surface area contributed by atoms with Gasteiger partial charge in [-0.2, -0.15) is 0 Å². The molecule has 2 rings (SSSR count). The van der Waals surface area contributed by atoms with Crippen molar-refractivity contribution in [3.05, 3.63) is 22.9 Å². The molecule has 0 fully saturated rings. The zero-order valence-electron chi connectivity index (χ0n) is 7.64. The van der Waals surface area contributed by atoms with E-state index >= 15 is 0 Å². The third kappa shape index (κ3) is 1.92. The smallest absolute Gasteiger partial charge is 0.116 e. The molecule has 14 heavy (non-hydrogen) atoms. The van der Waals surface area contributed by atoms with Gasteiger partial charge in [-0.15, -0.1) is 5.10 Å². The maximum atomic E-state index is 5.52. The molecule has 6 heteroatoms. The molecule has 1 atom stereocenters. The third-order valence-corrected chi connectivity index (χ3v) is 2.80. The predicted octanol–water partition coefficient (Wildman–Crippen LogP) is 0.737. The van der Waals surface area contributed by atoms with E-state index in [0.29, 0.717) is 0 Å². The normalized spacial score (nSPS) is 18.5. The van der Waals surface area contributed by atoms with Crippen molar-refractivity contribution in [2.45, 2.75) is 18.9 Å². The van der Waals surface area contributed by atoms with Gasteiger partial charge in [0.1, 0.15) is 11.8 Å². The number of allylic oxidation sites excluding steroid dienone is 1. The summed E-state index contributed by atoms with van der Waals surface area (Å²) in [6.07, 6.45) is 5.88. The second kappa shape index (κ2) is 4.50. The highest BCUT2D eigenvalue weighted by atomic mass is 32.1. The van der Waals surface area contributed by atoms with Crippen molar-refractivity contribution in [3.8, 4) is 0 Å². The molecule has 2 heterocycles. The van der Waals surface area contributed by atoms with Crippen molar-refractivity contribution in [1.82, 2.24) is 15.0 Å². The van der Waals surface area contributed by atoms with Crippen molar-refractivity contribution in [2.75, 3.05) is 6.61 Å². The molecule has 0 radical (unpaired) electrons. The number of hydrogen-bond donors (Lipinski definition) is 2. The zero-order valence-corrected chi connectivity index (χ0v) is 8.46. The molecule has 0 bridgehead atoms. The number of nitrogens with two attached hydrogens (primary N) is 1. The Morgan fingerprint density at radius 1 is 1.64 bits per heavy atom.